The highest BCUT2D eigenvalue weighted by Crippen LogP contribution is 2.50. The summed E-state index contributed by atoms with van der Waals surface area (Å²) in [6, 6.07) is 5.57. The van der Waals surface area contributed by atoms with Crippen molar-refractivity contribution in [2.24, 2.45) is 11.1 Å². The molecule has 0 saturated heterocycles. The maximum atomic E-state index is 13.0. The summed E-state index contributed by atoms with van der Waals surface area (Å²) in [5.74, 6) is 1.32. The van der Waals surface area contributed by atoms with Gasteiger partial charge in [-0.25, -0.2) is 0 Å². The molecule has 0 heterocycles. The summed E-state index contributed by atoms with van der Waals surface area (Å²) in [4.78, 5) is 14.7. The van der Waals surface area contributed by atoms with E-state index in [4.69, 9.17) is 19.9 Å². The number of carbonyl (C=O) groups is 1. The number of likely N-dealkylation sites (N-methyl/N-ethyl adjacent to an activating group) is 1. The lowest BCUT2D eigenvalue weighted by atomic mass is 9.54. The molecule has 1 fully saturated rings. The van der Waals surface area contributed by atoms with Gasteiger partial charge >= 0.3 is 0 Å². The molecular formula is C19H30N2O4. The first kappa shape index (κ1) is 19.5. The van der Waals surface area contributed by atoms with Crippen molar-refractivity contribution in [3.05, 3.63) is 23.8 Å². The third-order valence-corrected chi connectivity index (χ3v) is 5.46. The van der Waals surface area contributed by atoms with Gasteiger partial charge in [0.05, 0.1) is 20.3 Å². The van der Waals surface area contributed by atoms with Crippen molar-refractivity contribution in [1.82, 2.24) is 4.90 Å². The normalized spacial score (nSPS) is 24.4. The predicted molar refractivity (Wildman–Crippen MR) is 96.8 cm³/mol. The lowest BCUT2D eigenvalue weighted by molar-refractivity contribution is -0.178. The van der Waals surface area contributed by atoms with E-state index in [2.05, 4.69) is 0 Å². The Morgan fingerprint density at radius 1 is 1.32 bits per heavy atom. The molecule has 6 heteroatoms. The first-order valence-electron chi connectivity index (χ1n) is 8.58. The maximum absolute atomic E-state index is 13.0. The Morgan fingerprint density at radius 3 is 2.52 bits per heavy atom. The van der Waals surface area contributed by atoms with Gasteiger partial charge in [0.2, 0.25) is 5.91 Å². The summed E-state index contributed by atoms with van der Waals surface area (Å²) in [6.45, 7) is 6.99. The first-order chi connectivity index (χ1) is 11.7. The number of rotatable bonds is 7. The topological polar surface area (TPSA) is 74.0 Å². The van der Waals surface area contributed by atoms with E-state index in [1.807, 2.05) is 39.0 Å². The van der Waals surface area contributed by atoms with Crippen molar-refractivity contribution in [2.45, 2.75) is 45.4 Å². The van der Waals surface area contributed by atoms with Gasteiger partial charge in [0, 0.05) is 43.7 Å². The number of hydrogen-bond acceptors (Lipinski definition) is 5. The third kappa shape index (κ3) is 3.33. The van der Waals surface area contributed by atoms with Crippen molar-refractivity contribution in [1.29, 1.82) is 0 Å². The molecule has 6 nitrogen and oxygen atoms in total. The van der Waals surface area contributed by atoms with Crippen molar-refractivity contribution in [3.8, 4) is 11.5 Å². The van der Waals surface area contributed by atoms with E-state index in [1.54, 1.807) is 26.2 Å². The van der Waals surface area contributed by atoms with Crippen LogP contribution in [0.15, 0.2) is 18.2 Å². The molecule has 1 aliphatic rings. The fraction of sp³-hybridized carbons (Fsp3) is 0.632. The summed E-state index contributed by atoms with van der Waals surface area (Å²) in [5, 5.41) is 0. The molecule has 2 rings (SSSR count). The van der Waals surface area contributed by atoms with E-state index in [-0.39, 0.29) is 12.0 Å². The number of methoxy groups -OCH3 is 2. The second kappa shape index (κ2) is 7.22. The molecule has 2 atom stereocenters. The zero-order valence-electron chi connectivity index (χ0n) is 16.1. The minimum Gasteiger partial charge on any atom is -0.497 e. The van der Waals surface area contributed by atoms with Gasteiger partial charge in [0.25, 0.3) is 0 Å². The minimum absolute atomic E-state index is 0.00960. The van der Waals surface area contributed by atoms with Crippen LogP contribution in [0.2, 0.25) is 0 Å². The average molecular weight is 350 g/mol. The van der Waals surface area contributed by atoms with Crippen LogP contribution in [-0.2, 0) is 16.1 Å². The molecule has 1 saturated carbocycles. The van der Waals surface area contributed by atoms with Crippen LogP contribution >= 0.6 is 0 Å². The molecule has 0 radical (unpaired) electrons. The van der Waals surface area contributed by atoms with Gasteiger partial charge in [-0.1, -0.05) is 13.8 Å². The number of amides is 1. The summed E-state index contributed by atoms with van der Waals surface area (Å²) in [7, 11) is 4.98. The van der Waals surface area contributed by atoms with E-state index in [0.29, 0.717) is 31.1 Å². The molecule has 140 valence electrons. The smallest absolute Gasteiger partial charge is 0.243 e. The molecule has 1 aromatic carbocycles. The van der Waals surface area contributed by atoms with E-state index in [1.165, 1.54) is 0 Å². The number of benzene rings is 1. The number of hydrogen-bond donors (Lipinski definition) is 1. The highest BCUT2D eigenvalue weighted by atomic mass is 16.5. The third-order valence-electron chi connectivity index (χ3n) is 5.46. The van der Waals surface area contributed by atoms with Gasteiger partial charge in [0.15, 0.2) is 0 Å². The Labute approximate surface area is 150 Å². The van der Waals surface area contributed by atoms with E-state index in [0.717, 1.165) is 5.56 Å². The fourth-order valence-corrected chi connectivity index (χ4v) is 3.45. The van der Waals surface area contributed by atoms with Crippen molar-refractivity contribution >= 4 is 5.91 Å². The van der Waals surface area contributed by atoms with Gasteiger partial charge in [0.1, 0.15) is 17.0 Å². The van der Waals surface area contributed by atoms with E-state index >= 15 is 0 Å². The van der Waals surface area contributed by atoms with Crippen LogP contribution in [0.4, 0.5) is 0 Å². The standard InChI is InChI=1S/C19H30N2O4/c1-7-25-16-11-19(20,18(16,2)3)17(22)21(4)12-13-8-9-14(23-5)10-15(13)24-6/h8-10,16H,7,11-12,20H2,1-6H3. The monoisotopic (exact) mass is 350 g/mol. The molecule has 2 unspecified atom stereocenters. The second-order valence-corrected chi connectivity index (χ2v) is 7.18. The molecule has 1 aliphatic carbocycles. The summed E-state index contributed by atoms with van der Waals surface area (Å²) >= 11 is 0. The maximum Gasteiger partial charge on any atom is 0.243 e. The highest BCUT2D eigenvalue weighted by Gasteiger charge is 2.63. The second-order valence-electron chi connectivity index (χ2n) is 7.18. The molecule has 0 aromatic heterocycles. The number of carbonyl (C=O) groups excluding carboxylic acids is 1. The van der Waals surface area contributed by atoms with Crippen LogP contribution in [0.5, 0.6) is 11.5 Å². The van der Waals surface area contributed by atoms with Crippen LogP contribution in [0.3, 0.4) is 0 Å². The van der Waals surface area contributed by atoms with Crippen LogP contribution in [0.1, 0.15) is 32.8 Å². The largest absolute Gasteiger partial charge is 0.497 e. The Kier molecular flexibility index (Phi) is 5.64. The van der Waals surface area contributed by atoms with Gasteiger partial charge in [-0.05, 0) is 19.1 Å². The van der Waals surface area contributed by atoms with Crippen LogP contribution < -0.4 is 15.2 Å². The SMILES string of the molecule is CCOC1CC(N)(C(=O)N(C)Cc2ccc(OC)cc2OC)C1(C)C. The van der Waals surface area contributed by atoms with Crippen LogP contribution in [0, 0.1) is 5.41 Å². The predicted octanol–water partition coefficient (Wildman–Crippen LogP) is 2.19. The number of ether oxygens (including phenoxy) is 3. The Bertz CT molecular complexity index is 632. The Balaban J connectivity index is 2.14. The van der Waals surface area contributed by atoms with E-state index in [9.17, 15) is 4.79 Å². The quantitative estimate of drug-likeness (QED) is 0.816. The summed E-state index contributed by atoms with van der Waals surface area (Å²) in [5.41, 5.74) is 6.08. The van der Waals surface area contributed by atoms with Crippen molar-refractivity contribution < 1.29 is 19.0 Å². The molecular weight excluding hydrogens is 320 g/mol. The molecule has 0 aliphatic heterocycles. The number of nitrogens with zero attached hydrogens (tertiary/aromatic N) is 1. The molecule has 0 spiro atoms. The zero-order valence-corrected chi connectivity index (χ0v) is 16.1. The van der Waals surface area contributed by atoms with Gasteiger partial charge in [-0.15, -0.1) is 0 Å². The Morgan fingerprint density at radius 2 is 2.00 bits per heavy atom. The van der Waals surface area contributed by atoms with Gasteiger partial charge < -0.3 is 24.8 Å². The molecule has 0 bridgehead atoms. The van der Waals surface area contributed by atoms with E-state index < -0.39 is 11.0 Å². The average Bonchev–Trinajstić information content (AvgIpc) is 2.60. The lowest BCUT2D eigenvalue weighted by Crippen LogP contribution is -2.75. The van der Waals surface area contributed by atoms with Crippen molar-refractivity contribution in [3.63, 3.8) is 0 Å². The first-order valence-corrected chi connectivity index (χ1v) is 8.58. The number of nitrogens with two attached hydrogens (primary N) is 1. The lowest BCUT2D eigenvalue weighted by Gasteiger charge is -2.58. The fourth-order valence-electron chi connectivity index (χ4n) is 3.45. The highest BCUT2D eigenvalue weighted by molar-refractivity contribution is 5.88. The van der Waals surface area contributed by atoms with Gasteiger partial charge in [-0.2, -0.15) is 0 Å². The summed E-state index contributed by atoms with van der Waals surface area (Å²) in [6.07, 6.45) is 0.548. The molecule has 1 amide bonds. The van der Waals surface area contributed by atoms with Crippen LogP contribution in [-0.4, -0.2) is 50.3 Å². The van der Waals surface area contributed by atoms with Crippen molar-refractivity contribution in [2.75, 3.05) is 27.9 Å². The minimum atomic E-state index is -0.915. The molecule has 1 aromatic rings. The Hall–Kier alpha value is -1.79. The van der Waals surface area contributed by atoms with Crippen LogP contribution in [0.25, 0.3) is 0 Å². The molecule has 25 heavy (non-hydrogen) atoms. The summed E-state index contributed by atoms with van der Waals surface area (Å²) < 4.78 is 16.3. The zero-order chi connectivity index (χ0) is 18.8. The van der Waals surface area contributed by atoms with Gasteiger partial charge in [-0.3, -0.25) is 4.79 Å². The molecule has 2 N–H and O–H groups in total.